The Morgan fingerprint density at radius 2 is 1.54 bits per heavy atom. The van der Waals surface area contributed by atoms with Crippen LogP contribution in [-0.4, -0.2) is 141 Å². The first kappa shape index (κ1) is 43.2. The van der Waals surface area contributed by atoms with Crippen LogP contribution in [0.25, 0.3) is 22.3 Å². The molecular weight excluding hydrogens is 864 g/mol. The van der Waals surface area contributed by atoms with Crippen molar-refractivity contribution in [3.8, 4) is 0 Å². The van der Waals surface area contributed by atoms with Gasteiger partial charge in [0.2, 0.25) is 0 Å². The first-order valence-electron chi connectivity index (χ1n) is 17.7. The highest BCUT2D eigenvalue weighted by molar-refractivity contribution is 8.44. The first-order valence-corrected chi connectivity index (χ1v) is 23.0. The van der Waals surface area contributed by atoms with E-state index in [9.17, 15) is 24.2 Å². The second-order valence-electron chi connectivity index (χ2n) is 14.6. The number of hydrogen-bond donors (Lipinski definition) is 5. The van der Waals surface area contributed by atoms with Gasteiger partial charge in [0.05, 0.1) is 32.4 Å². The van der Waals surface area contributed by atoms with Crippen LogP contribution in [0.15, 0.2) is 25.3 Å². The normalized spacial score (nSPS) is 32.1. The lowest BCUT2D eigenvalue weighted by atomic mass is 10.1. The molecular formula is C30H41N11O14P2S2. The zero-order valence-electron chi connectivity index (χ0n) is 31.8. The molecule has 0 saturated carbocycles. The molecule has 7 heterocycles. The van der Waals surface area contributed by atoms with Crippen LogP contribution in [0.5, 0.6) is 0 Å². The van der Waals surface area contributed by atoms with Gasteiger partial charge in [0.15, 0.2) is 41.5 Å². The van der Waals surface area contributed by atoms with Crippen LogP contribution < -0.4 is 11.5 Å². The molecule has 3 saturated heterocycles. The number of ether oxygens (including phenoxy) is 5. The minimum Gasteiger partial charge on any atom is -0.444 e. The molecule has 3 fully saturated rings. The summed E-state index contributed by atoms with van der Waals surface area (Å²) in [5, 5.41) is 11.4. The van der Waals surface area contributed by atoms with Gasteiger partial charge in [-0.05, 0) is 39.5 Å². The number of amides is 1. The van der Waals surface area contributed by atoms with Crippen molar-refractivity contribution >= 4 is 83.8 Å². The number of fused-ring (bicyclic) bond motifs is 5. The predicted octanol–water partition coefficient (Wildman–Crippen LogP) is 1.84. The predicted molar refractivity (Wildman–Crippen MR) is 208 cm³/mol. The van der Waals surface area contributed by atoms with Crippen LogP contribution in [0.4, 0.5) is 21.2 Å². The number of nitrogen functional groups attached to an aromatic ring is 2. The molecule has 7 rings (SSSR count). The van der Waals surface area contributed by atoms with E-state index in [0.29, 0.717) is 0 Å². The number of carbonyl (C=O) groups is 2. The Morgan fingerprint density at radius 1 is 0.966 bits per heavy atom. The standard InChI is InChI=1S/C30H41N11O14P2S2/c1-13(6-39(5)28(43)53-30(2,3)4)49-29(44)52-21-19-15(51-27(21)41-12-38-17-23(32)34-10-36-25(17)41)8-48-57(46,59)55-20-18(42)14(7-47-56(45,58)54-19)50-26(20)40-11-37-16-22(31)33-9-35-24(16)40/h9-15,18-21,26-27,42H,6-8H2,1-5H3,(H,45,58)(H,46,59)(H2,31,33,35)(H2,32,34,36)/t13?,14-,15-,18-,19-,20-,21-,26-,27-,56?,57?/m1/s1. The van der Waals surface area contributed by atoms with Gasteiger partial charge in [0, 0.05) is 7.05 Å². The molecule has 3 unspecified atom stereocenters. The minimum atomic E-state index is -4.48. The SMILES string of the molecule is CC(CN(C)C(=O)OC(C)(C)C)OC(=O)O[C@@H]1[C@@H]2OP(O)(=S)OC[C@H]3O[C@@H](n4cnc5c(N)ncnc54)[C@H](OP(=O)(S)OC[C@H]2O[C@H]1n1cnc2c(N)ncnc21)[C@@H]3O. The first-order chi connectivity index (χ1) is 27.7. The molecule has 11 atom stereocenters. The highest BCUT2D eigenvalue weighted by Crippen LogP contribution is 2.58. The number of rotatable bonds is 6. The molecule has 25 nitrogen and oxygen atoms in total. The molecule has 322 valence electrons. The largest absolute Gasteiger partial charge is 0.509 e. The molecule has 0 aromatic carbocycles. The van der Waals surface area contributed by atoms with Gasteiger partial charge >= 0.3 is 25.8 Å². The zero-order chi connectivity index (χ0) is 42.6. The van der Waals surface area contributed by atoms with E-state index >= 15 is 0 Å². The summed E-state index contributed by atoms with van der Waals surface area (Å²) in [6.07, 6.45) is -9.35. The summed E-state index contributed by atoms with van der Waals surface area (Å²) in [5.74, 6) is 0.0889. The third kappa shape index (κ3) is 9.40. The van der Waals surface area contributed by atoms with E-state index in [0.717, 1.165) is 0 Å². The highest BCUT2D eigenvalue weighted by atomic mass is 32.7. The minimum absolute atomic E-state index is 0.0260. The van der Waals surface area contributed by atoms with E-state index in [1.54, 1.807) is 20.8 Å². The van der Waals surface area contributed by atoms with Crippen molar-refractivity contribution in [2.45, 2.75) is 88.5 Å². The molecule has 3 aliphatic heterocycles. The summed E-state index contributed by atoms with van der Waals surface area (Å²) >= 11 is 9.60. The van der Waals surface area contributed by atoms with E-state index in [4.69, 9.17) is 65.1 Å². The summed E-state index contributed by atoms with van der Waals surface area (Å²) in [5.41, 5.74) is 11.9. The Labute approximate surface area is 344 Å². The van der Waals surface area contributed by atoms with Crippen molar-refractivity contribution in [3.63, 3.8) is 0 Å². The van der Waals surface area contributed by atoms with Crippen LogP contribution in [0, 0.1) is 0 Å². The third-order valence-corrected chi connectivity index (χ3v) is 12.2. The number of likely N-dealkylation sites (N-methyl/N-ethyl adjacent to an activating group) is 1. The number of nitrogens with two attached hydrogens (primary N) is 2. The van der Waals surface area contributed by atoms with Crippen molar-refractivity contribution in [1.29, 1.82) is 0 Å². The molecule has 29 heteroatoms. The Balaban J connectivity index is 1.17. The van der Waals surface area contributed by atoms with Gasteiger partial charge in [0.1, 0.15) is 65.9 Å². The second-order valence-corrected chi connectivity index (χ2v) is 20.2. The van der Waals surface area contributed by atoms with E-state index in [1.807, 2.05) is 0 Å². The third-order valence-electron chi connectivity index (χ3n) is 9.00. The lowest BCUT2D eigenvalue weighted by molar-refractivity contribution is -0.0690. The molecule has 1 amide bonds. The van der Waals surface area contributed by atoms with Gasteiger partial charge < -0.3 is 54.6 Å². The fourth-order valence-corrected chi connectivity index (χ4v) is 9.37. The summed E-state index contributed by atoms with van der Waals surface area (Å²) in [6.45, 7) is -3.58. The number of nitrogens with zero attached hydrogens (tertiary/aromatic N) is 9. The molecule has 2 bridgehead atoms. The number of aliphatic hydroxyl groups is 1. The van der Waals surface area contributed by atoms with Crippen LogP contribution in [0.2, 0.25) is 0 Å². The van der Waals surface area contributed by atoms with Crippen LogP contribution in [-0.2, 0) is 58.2 Å². The van der Waals surface area contributed by atoms with Crippen molar-refractivity contribution in [2.75, 3.05) is 38.3 Å². The fourth-order valence-electron chi connectivity index (χ4n) is 6.47. The molecule has 3 aliphatic rings. The molecule has 6 N–H and O–H groups in total. The van der Waals surface area contributed by atoms with Crippen molar-refractivity contribution in [2.24, 2.45) is 0 Å². The van der Waals surface area contributed by atoms with Gasteiger partial charge in [-0.1, -0.05) is 12.2 Å². The highest BCUT2D eigenvalue weighted by Gasteiger charge is 2.55. The number of aliphatic hydroxyl groups excluding tert-OH is 1. The Kier molecular flexibility index (Phi) is 12.1. The zero-order valence-corrected chi connectivity index (χ0v) is 35.3. The topological polar surface area (TPSA) is 317 Å². The maximum atomic E-state index is 14.0. The van der Waals surface area contributed by atoms with Crippen LogP contribution in [0.3, 0.4) is 0 Å². The van der Waals surface area contributed by atoms with Gasteiger partial charge in [-0.2, -0.15) is 0 Å². The summed E-state index contributed by atoms with van der Waals surface area (Å²) in [7, 11) is 1.46. The van der Waals surface area contributed by atoms with Crippen LogP contribution >= 0.6 is 25.8 Å². The van der Waals surface area contributed by atoms with E-state index in [2.05, 4.69) is 42.2 Å². The summed E-state index contributed by atoms with van der Waals surface area (Å²) < 4.78 is 69.0. The molecule has 0 radical (unpaired) electrons. The number of anilines is 2. The van der Waals surface area contributed by atoms with Gasteiger partial charge in [-0.15, -0.1) is 0 Å². The molecule has 4 aromatic heterocycles. The average Bonchev–Trinajstić information content (AvgIpc) is 3.91. The van der Waals surface area contributed by atoms with E-state index in [-0.39, 0.29) is 40.5 Å². The van der Waals surface area contributed by atoms with Crippen molar-refractivity contribution in [1.82, 2.24) is 43.9 Å². The fraction of sp³-hybridized carbons (Fsp3) is 0.600. The summed E-state index contributed by atoms with van der Waals surface area (Å²) in [4.78, 5) is 63.6. The molecule has 4 aromatic rings. The van der Waals surface area contributed by atoms with E-state index < -0.39 is 99.8 Å². The van der Waals surface area contributed by atoms with Gasteiger partial charge in [-0.25, -0.2) is 44.1 Å². The lowest BCUT2D eigenvalue weighted by Gasteiger charge is -2.29. The number of hydrogen-bond acceptors (Lipinski definition) is 22. The lowest BCUT2D eigenvalue weighted by Crippen LogP contribution is -2.41. The maximum absolute atomic E-state index is 14.0. The number of carbonyl (C=O) groups excluding carboxylic acids is 2. The Bertz CT molecular complexity index is 2320. The van der Waals surface area contributed by atoms with E-state index in [1.165, 1.54) is 53.3 Å². The second kappa shape index (κ2) is 16.5. The Morgan fingerprint density at radius 3 is 2.15 bits per heavy atom. The monoisotopic (exact) mass is 905 g/mol. The van der Waals surface area contributed by atoms with Crippen LogP contribution in [0.1, 0.15) is 40.2 Å². The quantitative estimate of drug-likeness (QED) is 0.105. The average molecular weight is 906 g/mol. The van der Waals surface area contributed by atoms with Gasteiger partial charge in [-0.3, -0.25) is 22.7 Å². The number of aromatic nitrogens is 8. The molecule has 59 heavy (non-hydrogen) atoms. The Hall–Kier alpha value is -3.85. The maximum Gasteiger partial charge on any atom is 0.509 e. The van der Waals surface area contributed by atoms with Crippen molar-refractivity contribution < 1.29 is 65.9 Å². The number of imidazole rings is 2. The van der Waals surface area contributed by atoms with Crippen molar-refractivity contribution in [3.05, 3.63) is 25.3 Å². The molecule has 0 aliphatic carbocycles. The summed E-state index contributed by atoms with van der Waals surface area (Å²) in [6, 6.07) is 0. The number of thiol groups is 1. The van der Waals surface area contributed by atoms with Gasteiger partial charge in [0.25, 0.3) is 0 Å². The molecule has 0 spiro atoms. The smallest absolute Gasteiger partial charge is 0.444 e.